The predicted molar refractivity (Wildman–Crippen MR) is 75.0 cm³/mol. The SMILES string of the molecule is Cc1ccsc1-c1cnc(NC2CCNC2)nc1. The largest absolute Gasteiger partial charge is 0.350 e. The number of aryl methyl sites for hydroxylation is 1. The molecule has 1 unspecified atom stereocenters. The topological polar surface area (TPSA) is 49.8 Å². The summed E-state index contributed by atoms with van der Waals surface area (Å²) in [6.07, 6.45) is 4.93. The molecule has 1 saturated heterocycles. The van der Waals surface area contributed by atoms with Gasteiger partial charge in [0.2, 0.25) is 5.95 Å². The van der Waals surface area contributed by atoms with Crippen molar-refractivity contribution < 1.29 is 0 Å². The van der Waals surface area contributed by atoms with E-state index in [-0.39, 0.29) is 0 Å². The van der Waals surface area contributed by atoms with Crippen molar-refractivity contribution in [1.29, 1.82) is 0 Å². The van der Waals surface area contributed by atoms with Crippen molar-refractivity contribution in [3.05, 3.63) is 29.4 Å². The van der Waals surface area contributed by atoms with E-state index < -0.39 is 0 Å². The number of thiophene rings is 1. The normalized spacial score (nSPS) is 19.1. The van der Waals surface area contributed by atoms with Crippen LogP contribution in [0.5, 0.6) is 0 Å². The first-order valence-electron chi connectivity index (χ1n) is 6.17. The van der Waals surface area contributed by atoms with E-state index in [1.807, 2.05) is 12.4 Å². The lowest BCUT2D eigenvalue weighted by Gasteiger charge is -2.10. The molecule has 1 fully saturated rings. The Labute approximate surface area is 110 Å². The van der Waals surface area contributed by atoms with E-state index in [0.29, 0.717) is 6.04 Å². The van der Waals surface area contributed by atoms with Crippen LogP contribution in [0.4, 0.5) is 5.95 Å². The summed E-state index contributed by atoms with van der Waals surface area (Å²) in [4.78, 5) is 10.0. The molecule has 94 valence electrons. The van der Waals surface area contributed by atoms with Crippen LogP contribution in [0.3, 0.4) is 0 Å². The van der Waals surface area contributed by atoms with Gasteiger partial charge in [-0.2, -0.15) is 0 Å². The molecule has 0 aromatic carbocycles. The molecule has 0 aliphatic carbocycles. The molecule has 0 bridgehead atoms. The van der Waals surface area contributed by atoms with Crippen molar-refractivity contribution in [2.24, 2.45) is 0 Å². The second-order valence-corrected chi connectivity index (χ2v) is 5.48. The second kappa shape index (κ2) is 5.04. The maximum absolute atomic E-state index is 4.40. The van der Waals surface area contributed by atoms with Crippen LogP contribution in [0.25, 0.3) is 10.4 Å². The molecular weight excluding hydrogens is 244 g/mol. The van der Waals surface area contributed by atoms with Gasteiger partial charge in [-0.15, -0.1) is 11.3 Å². The minimum absolute atomic E-state index is 0.458. The molecule has 0 radical (unpaired) electrons. The van der Waals surface area contributed by atoms with Crippen LogP contribution < -0.4 is 10.6 Å². The summed E-state index contributed by atoms with van der Waals surface area (Å²) in [5.74, 6) is 0.724. The Balaban J connectivity index is 1.74. The highest BCUT2D eigenvalue weighted by Gasteiger charge is 2.14. The number of hydrogen-bond acceptors (Lipinski definition) is 5. The number of anilines is 1. The van der Waals surface area contributed by atoms with Gasteiger partial charge >= 0.3 is 0 Å². The number of nitrogens with one attached hydrogen (secondary N) is 2. The van der Waals surface area contributed by atoms with E-state index in [1.165, 1.54) is 10.4 Å². The van der Waals surface area contributed by atoms with Crippen LogP contribution in [0.15, 0.2) is 23.8 Å². The van der Waals surface area contributed by atoms with Gasteiger partial charge in [0, 0.05) is 35.4 Å². The molecular formula is C13H16N4S. The van der Waals surface area contributed by atoms with Crippen LogP contribution >= 0.6 is 11.3 Å². The highest BCUT2D eigenvalue weighted by Crippen LogP contribution is 2.28. The van der Waals surface area contributed by atoms with Crippen LogP contribution in [0.1, 0.15) is 12.0 Å². The molecule has 4 nitrogen and oxygen atoms in total. The molecule has 1 aliphatic heterocycles. The average Bonchev–Trinajstić information content (AvgIpc) is 3.02. The monoisotopic (exact) mass is 260 g/mol. The van der Waals surface area contributed by atoms with E-state index in [1.54, 1.807) is 11.3 Å². The molecule has 18 heavy (non-hydrogen) atoms. The van der Waals surface area contributed by atoms with Crippen LogP contribution in [-0.4, -0.2) is 29.1 Å². The Morgan fingerprint density at radius 1 is 1.39 bits per heavy atom. The summed E-state index contributed by atoms with van der Waals surface area (Å²) in [5.41, 5.74) is 2.38. The number of nitrogens with zero attached hydrogens (tertiary/aromatic N) is 2. The summed E-state index contributed by atoms with van der Waals surface area (Å²) in [7, 11) is 0. The average molecular weight is 260 g/mol. The predicted octanol–water partition coefficient (Wildman–Crippen LogP) is 2.29. The molecule has 0 amide bonds. The first-order chi connectivity index (χ1) is 8.83. The molecule has 3 rings (SSSR count). The van der Waals surface area contributed by atoms with Crippen molar-refractivity contribution in [2.45, 2.75) is 19.4 Å². The third-order valence-corrected chi connectivity index (χ3v) is 4.24. The highest BCUT2D eigenvalue weighted by molar-refractivity contribution is 7.13. The van der Waals surface area contributed by atoms with Gasteiger partial charge in [-0.1, -0.05) is 0 Å². The van der Waals surface area contributed by atoms with Gasteiger partial charge in [0.1, 0.15) is 0 Å². The zero-order valence-corrected chi connectivity index (χ0v) is 11.1. The molecule has 1 aliphatic rings. The smallest absolute Gasteiger partial charge is 0.222 e. The Kier molecular flexibility index (Phi) is 3.25. The van der Waals surface area contributed by atoms with E-state index in [0.717, 1.165) is 31.0 Å². The fourth-order valence-electron chi connectivity index (χ4n) is 2.15. The summed E-state index contributed by atoms with van der Waals surface area (Å²) >= 11 is 1.73. The van der Waals surface area contributed by atoms with Crippen molar-refractivity contribution >= 4 is 17.3 Å². The van der Waals surface area contributed by atoms with Crippen molar-refractivity contribution in [3.63, 3.8) is 0 Å². The Morgan fingerprint density at radius 2 is 2.22 bits per heavy atom. The molecule has 5 heteroatoms. The van der Waals surface area contributed by atoms with Crippen molar-refractivity contribution in [1.82, 2.24) is 15.3 Å². The van der Waals surface area contributed by atoms with Gasteiger partial charge in [-0.05, 0) is 36.9 Å². The minimum atomic E-state index is 0.458. The van der Waals surface area contributed by atoms with E-state index in [4.69, 9.17) is 0 Å². The van der Waals surface area contributed by atoms with E-state index >= 15 is 0 Å². The van der Waals surface area contributed by atoms with Crippen LogP contribution in [-0.2, 0) is 0 Å². The lowest BCUT2D eigenvalue weighted by molar-refractivity contribution is 0.780. The molecule has 1 atom stereocenters. The van der Waals surface area contributed by atoms with E-state index in [2.05, 4.69) is 39.0 Å². The third kappa shape index (κ3) is 2.37. The first-order valence-corrected chi connectivity index (χ1v) is 7.04. The van der Waals surface area contributed by atoms with Gasteiger partial charge in [0.05, 0.1) is 0 Å². The lowest BCUT2D eigenvalue weighted by atomic mass is 10.2. The van der Waals surface area contributed by atoms with Gasteiger partial charge in [-0.25, -0.2) is 9.97 Å². The molecule has 2 aromatic heterocycles. The van der Waals surface area contributed by atoms with E-state index in [9.17, 15) is 0 Å². The zero-order chi connectivity index (χ0) is 12.4. The van der Waals surface area contributed by atoms with Crippen molar-refractivity contribution in [2.75, 3.05) is 18.4 Å². The summed E-state index contributed by atoms with van der Waals surface area (Å²) in [6, 6.07) is 2.58. The number of aromatic nitrogens is 2. The summed E-state index contributed by atoms with van der Waals surface area (Å²) in [5, 5.41) is 8.76. The number of rotatable bonds is 3. The fourth-order valence-corrected chi connectivity index (χ4v) is 3.05. The molecule has 0 spiro atoms. The molecule has 2 N–H and O–H groups in total. The maximum atomic E-state index is 4.40. The van der Waals surface area contributed by atoms with Crippen molar-refractivity contribution in [3.8, 4) is 10.4 Å². The standard InChI is InChI=1S/C13H16N4S/c1-9-3-5-18-12(9)10-6-15-13(16-7-10)17-11-2-4-14-8-11/h3,5-7,11,14H,2,4,8H2,1H3,(H,15,16,17). The molecule has 2 aromatic rings. The second-order valence-electron chi connectivity index (χ2n) is 4.56. The fraction of sp³-hybridized carbons (Fsp3) is 0.385. The highest BCUT2D eigenvalue weighted by atomic mass is 32.1. The zero-order valence-electron chi connectivity index (χ0n) is 10.3. The quantitative estimate of drug-likeness (QED) is 0.889. The summed E-state index contributed by atoms with van der Waals surface area (Å²) in [6.45, 7) is 4.18. The molecule has 0 saturated carbocycles. The summed E-state index contributed by atoms with van der Waals surface area (Å²) < 4.78 is 0. The Morgan fingerprint density at radius 3 is 2.83 bits per heavy atom. The van der Waals surface area contributed by atoms with Crippen LogP contribution in [0.2, 0.25) is 0 Å². The van der Waals surface area contributed by atoms with Gasteiger partial charge in [-0.3, -0.25) is 0 Å². The lowest BCUT2D eigenvalue weighted by Crippen LogP contribution is -2.23. The Hall–Kier alpha value is -1.46. The van der Waals surface area contributed by atoms with Crippen LogP contribution in [0, 0.1) is 6.92 Å². The van der Waals surface area contributed by atoms with Gasteiger partial charge in [0.25, 0.3) is 0 Å². The first kappa shape index (κ1) is 11.6. The third-order valence-electron chi connectivity index (χ3n) is 3.17. The van der Waals surface area contributed by atoms with Gasteiger partial charge < -0.3 is 10.6 Å². The Bertz CT molecular complexity index is 514. The maximum Gasteiger partial charge on any atom is 0.222 e. The minimum Gasteiger partial charge on any atom is -0.350 e. The molecule has 3 heterocycles. The number of hydrogen-bond donors (Lipinski definition) is 2. The van der Waals surface area contributed by atoms with Gasteiger partial charge in [0.15, 0.2) is 0 Å².